The second kappa shape index (κ2) is 8.31. The van der Waals surface area contributed by atoms with Crippen molar-refractivity contribution in [3.63, 3.8) is 0 Å². The lowest BCUT2D eigenvalue weighted by Crippen LogP contribution is -2.24. The van der Waals surface area contributed by atoms with Crippen molar-refractivity contribution in [1.29, 1.82) is 0 Å². The van der Waals surface area contributed by atoms with E-state index in [1.807, 2.05) is 12.1 Å². The lowest BCUT2D eigenvalue weighted by molar-refractivity contribution is 0.284. The van der Waals surface area contributed by atoms with Crippen LogP contribution >= 0.6 is 0 Å². The minimum Gasteiger partial charge on any atom is -0.508 e. The summed E-state index contributed by atoms with van der Waals surface area (Å²) in [7, 11) is 0. The Balaban J connectivity index is 0.000000621. The van der Waals surface area contributed by atoms with Gasteiger partial charge in [0.05, 0.1) is 0 Å². The molecule has 20 heavy (non-hydrogen) atoms. The average molecular weight is 279 g/mol. The van der Waals surface area contributed by atoms with Gasteiger partial charge in [0.25, 0.3) is 0 Å². The first-order valence-electron chi connectivity index (χ1n) is 7.62. The molecule has 0 heterocycles. The van der Waals surface area contributed by atoms with Gasteiger partial charge in [0.1, 0.15) is 5.75 Å². The fraction of sp³-hybridized carbons (Fsp3) is 0.667. The molecule has 0 radical (unpaired) electrons. The molecule has 0 bridgehead atoms. The Morgan fingerprint density at radius 3 is 1.80 bits per heavy atom. The number of phenols is 1. The summed E-state index contributed by atoms with van der Waals surface area (Å²) in [5.41, 5.74) is 6.91. The van der Waals surface area contributed by atoms with Gasteiger partial charge in [0.15, 0.2) is 0 Å². The van der Waals surface area contributed by atoms with Crippen molar-refractivity contribution < 1.29 is 5.11 Å². The number of hydrogen-bond donors (Lipinski definition) is 2. The molecule has 0 spiro atoms. The first-order valence-corrected chi connectivity index (χ1v) is 7.62. The lowest BCUT2D eigenvalue weighted by Gasteiger charge is -2.33. The van der Waals surface area contributed by atoms with E-state index in [1.165, 1.54) is 18.4 Å². The minimum atomic E-state index is 0.159. The maximum absolute atomic E-state index is 9.25. The van der Waals surface area contributed by atoms with E-state index in [2.05, 4.69) is 41.5 Å². The van der Waals surface area contributed by atoms with Crippen molar-refractivity contribution >= 4 is 0 Å². The molecule has 0 aliphatic heterocycles. The van der Waals surface area contributed by atoms with Crippen LogP contribution in [0, 0.1) is 5.41 Å². The van der Waals surface area contributed by atoms with Crippen LogP contribution in [0.25, 0.3) is 0 Å². The fourth-order valence-corrected chi connectivity index (χ4v) is 2.54. The van der Waals surface area contributed by atoms with Gasteiger partial charge >= 0.3 is 0 Å². The van der Waals surface area contributed by atoms with Crippen molar-refractivity contribution in [2.24, 2.45) is 11.1 Å². The minimum absolute atomic E-state index is 0.159. The molecule has 0 unspecified atom stereocenters. The van der Waals surface area contributed by atoms with Gasteiger partial charge in [-0.1, -0.05) is 60.1 Å². The Morgan fingerprint density at radius 2 is 1.50 bits per heavy atom. The summed E-state index contributed by atoms with van der Waals surface area (Å²) in [6, 6.07) is 7.56. The molecule has 1 aromatic carbocycles. The normalized spacial score (nSPS) is 11.8. The summed E-state index contributed by atoms with van der Waals surface area (Å²) in [6.07, 6.45) is 3.52. The van der Waals surface area contributed by atoms with Gasteiger partial charge in [0, 0.05) is 0 Å². The Kier molecular flexibility index (Phi) is 7.88. The third-order valence-electron chi connectivity index (χ3n) is 3.18. The third kappa shape index (κ3) is 8.21. The van der Waals surface area contributed by atoms with Crippen LogP contribution in [0.3, 0.4) is 0 Å². The van der Waals surface area contributed by atoms with E-state index in [1.54, 1.807) is 12.1 Å². The first-order chi connectivity index (χ1) is 9.12. The highest BCUT2D eigenvalue weighted by Gasteiger charge is 2.26. The van der Waals surface area contributed by atoms with Crippen molar-refractivity contribution in [2.75, 3.05) is 6.54 Å². The third-order valence-corrected chi connectivity index (χ3v) is 3.18. The second-order valence-corrected chi connectivity index (χ2v) is 7.31. The lowest BCUT2D eigenvalue weighted by atomic mass is 9.72. The van der Waals surface area contributed by atoms with E-state index in [0.29, 0.717) is 11.2 Å². The monoisotopic (exact) mass is 279 g/mol. The number of nitrogens with two attached hydrogens (primary N) is 1. The molecule has 0 aromatic heterocycles. The number of benzene rings is 1. The van der Waals surface area contributed by atoms with Crippen molar-refractivity contribution in [1.82, 2.24) is 0 Å². The summed E-state index contributed by atoms with van der Waals surface area (Å²) in [5.74, 6) is 0.338. The van der Waals surface area contributed by atoms with Gasteiger partial charge < -0.3 is 10.8 Å². The van der Waals surface area contributed by atoms with Crippen LogP contribution in [0.2, 0.25) is 0 Å². The molecule has 0 fully saturated rings. The van der Waals surface area contributed by atoms with Gasteiger partial charge in [-0.3, -0.25) is 0 Å². The highest BCUT2D eigenvalue weighted by atomic mass is 16.3. The van der Waals surface area contributed by atoms with E-state index in [9.17, 15) is 5.11 Å². The average Bonchev–Trinajstić information content (AvgIpc) is 2.28. The van der Waals surface area contributed by atoms with Crippen LogP contribution in [0.4, 0.5) is 0 Å². The molecule has 116 valence electrons. The molecule has 2 nitrogen and oxygen atoms in total. The van der Waals surface area contributed by atoms with Gasteiger partial charge in [0.2, 0.25) is 0 Å². The zero-order valence-corrected chi connectivity index (χ0v) is 14.2. The molecule has 1 aromatic rings. The largest absolute Gasteiger partial charge is 0.508 e. The van der Waals surface area contributed by atoms with Crippen LogP contribution in [-0.4, -0.2) is 11.7 Å². The van der Waals surface area contributed by atoms with Crippen LogP contribution in [-0.2, 0) is 5.41 Å². The van der Waals surface area contributed by atoms with Gasteiger partial charge in [-0.05, 0) is 47.9 Å². The van der Waals surface area contributed by atoms with Crippen molar-refractivity contribution in [2.45, 2.75) is 66.2 Å². The van der Waals surface area contributed by atoms with Gasteiger partial charge in [-0.2, -0.15) is 0 Å². The summed E-state index contributed by atoms with van der Waals surface area (Å²) in [5, 5.41) is 9.25. The molecule has 3 N–H and O–H groups in total. The topological polar surface area (TPSA) is 46.2 Å². The fourth-order valence-electron chi connectivity index (χ4n) is 2.54. The number of phenolic OH excluding ortho intramolecular Hbond substituents is 1. The zero-order valence-electron chi connectivity index (χ0n) is 14.2. The van der Waals surface area contributed by atoms with Crippen LogP contribution in [0.5, 0.6) is 5.75 Å². The standard InChI is InChI=1S/C14H22O.C4H11N/c1-13(2,3)10-14(4,5)11-6-8-12(15)9-7-11;1-2-3-4-5/h6-9,15H,10H2,1-5H3;2-5H2,1H3. The predicted octanol–water partition coefficient (Wildman–Crippen LogP) is 4.85. The van der Waals surface area contributed by atoms with E-state index < -0.39 is 0 Å². The van der Waals surface area contributed by atoms with E-state index >= 15 is 0 Å². The quantitative estimate of drug-likeness (QED) is 0.827. The smallest absolute Gasteiger partial charge is 0.115 e. The summed E-state index contributed by atoms with van der Waals surface area (Å²) < 4.78 is 0. The molecule has 0 saturated heterocycles. The Morgan fingerprint density at radius 1 is 1.00 bits per heavy atom. The summed E-state index contributed by atoms with van der Waals surface area (Å²) in [6.45, 7) is 14.3. The number of hydrogen-bond acceptors (Lipinski definition) is 2. The molecule has 0 saturated carbocycles. The van der Waals surface area contributed by atoms with Crippen LogP contribution in [0.1, 0.15) is 66.4 Å². The first kappa shape index (κ1) is 19.0. The van der Waals surface area contributed by atoms with E-state index in [0.717, 1.165) is 13.0 Å². The highest BCUT2D eigenvalue weighted by molar-refractivity contribution is 5.30. The molecule has 0 aliphatic carbocycles. The molecular weight excluding hydrogens is 246 g/mol. The molecule has 2 heteroatoms. The number of unbranched alkanes of at least 4 members (excludes halogenated alkanes) is 1. The summed E-state index contributed by atoms with van der Waals surface area (Å²) >= 11 is 0. The summed E-state index contributed by atoms with van der Waals surface area (Å²) in [4.78, 5) is 0. The maximum atomic E-state index is 9.25. The zero-order chi connectivity index (χ0) is 15.8. The molecule has 1 rings (SSSR count). The second-order valence-electron chi connectivity index (χ2n) is 7.31. The Labute approximate surface area is 125 Å². The van der Waals surface area contributed by atoms with E-state index in [4.69, 9.17) is 5.73 Å². The molecular formula is C18H33NO. The highest BCUT2D eigenvalue weighted by Crippen LogP contribution is 2.36. The van der Waals surface area contributed by atoms with Crippen LogP contribution < -0.4 is 5.73 Å². The Bertz CT molecular complexity index is 358. The molecule has 0 amide bonds. The van der Waals surface area contributed by atoms with Crippen molar-refractivity contribution in [3.8, 4) is 5.75 Å². The van der Waals surface area contributed by atoms with Gasteiger partial charge in [-0.15, -0.1) is 0 Å². The molecule has 0 atom stereocenters. The predicted molar refractivity (Wildman–Crippen MR) is 89.2 cm³/mol. The van der Waals surface area contributed by atoms with Gasteiger partial charge in [-0.25, -0.2) is 0 Å². The van der Waals surface area contributed by atoms with Crippen molar-refractivity contribution in [3.05, 3.63) is 29.8 Å². The number of rotatable bonds is 4. The van der Waals surface area contributed by atoms with Crippen LogP contribution in [0.15, 0.2) is 24.3 Å². The Hall–Kier alpha value is -1.02. The SMILES string of the molecule is CC(C)(C)CC(C)(C)c1ccc(O)cc1.CCCCN. The number of aromatic hydroxyl groups is 1. The molecule has 0 aliphatic rings. The van der Waals surface area contributed by atoms with E-state index in [-0.39, 0.29) is 5.41 Å². The maximum Gasteiger partial charge on any atom is 0.115 e.